The summed E-state index contributed by atoms with van der Waals surface area (Å²) in [6.07, 6.45) is 5.69. The minimum Gasteiger partial charge on any atom is -0.453 e. The minimum atomic E-state index is -0.405. The van der Waals surface area contributed by atoms with Gasteiger partial charge in [0.2, 0.25) is 0 Å². The van der Waals surface area contributed by atoms with Gasteiger partial charge in [0.25, 0.3) is 5.56 Å². The van der Waals surface area contributed by atoms with E-state index >= 15 is 0 Å². The summed E-state index contributed by atoms with van der Waals surface area (Å²) in [7, 11) is 0. The van der Waals surface area contributed by atoms with E-state index in [2.05, 4.69) is 4.98 Å². The molecule has 1 aromatic heterocycles. The Morgan fingerprint density at radius 3 is 2.64 bits per heavy atom. The predicted molar refractivity (Wildman–Crippen MR) is 94.8 cm³/mol. The van der Waals surface area contributed by atoms with Gasteiger partial charge in [-0.15, -0.1) is 0 Å². The molecule has 4 aliphatic heterocycles. The lowest BCUT2D eigenvalue weighted by Gasteiger charge is -2.30. The quantitative estimate of drug-likeness (QED) is 0.739. The molecule has 0 saturated carbocycles. The van der Waals surface area contributed by atoms with Gasteiger partial charge in [-0.05, 0) is 38.5 Å². The standard InChI is InChI=1S/C19H26N2O7/c22-13-7-8-21-18-17(28-19(21)20-13)16(27-15-6-2-4-10-24-15)12(26-18)11-25-14-5-1-3-9-23-14/h7-8,12,14-18H,1-6,9-11H2. The third kappa shape index (κ3) is 3.69. The van der Waals surface area contributed by atoms with Crippen LogP contribution < -0.4 is 10.3 Å². The van der Waals surface area contributed by atoms with Crippen molar-refractivity contribution >= 4 is 0 Å². The van der Waals surface area contributed by atoms with Crippen LogP contribution in [0.3, 0.4) is 0 Å². The molecule has 0 N–H and O–H groups in total. The van der Waals surface area contributed by atoms with Crippen LogP contribution in [0, 0.1) is 0 Å². The summed E-state index contributed by atoms with van der Waals surface area (Å²) in [5, 5.41) is 0. The van der Waals surface area contributed by atoms with Gasteiger partial charge in [0.15, 0.2) is 24.9 Å². The molecule has 6 atom stereocenters. The summed E-state index contributed by atoms with van der Waals surface area (Å²) in [5.74, 6) is 0. The first kappa shape index (κ1) is 18.5. The minimum absolute atomic E-state index is 0.199. The van der Waals surface area contributed by atoms with Gasteiger partial charge in [0.05, 0.1) is 6.61 Å². The van der Waals surface area contributed by atoms with E-state index in [0.29, 0.717) is 13.2 Å². The number of fused-ring (bicyclic) bond motifs is 3. The number of ether oxygens (including phenoxy) is 6. The second-order valence-electron chi connectivity index (χ2n) is 7.63. The smallest absolute Gasteiger partial charge is 0.302 e. The fourth-order valence-electron chi connectivity index (χ4n) is 4.19. The molecule has 9 nitrogen and oxygen atoms in total. The maximum Gasteiger partial charge on any atom is 0.302 e. The molecule has 154 valence electrons. The number of nitrogens with zero attached hydrogens (tertiary/aromatic N) is 2. The van der Waals surface area contributed by atoms with Gasteiger partial charge in [-0.1, -0.05) is 0 Å². The second-order valence-corrected chi connectivity index (χ2v) is 7.63. The molecule has 28 heavy (non-hydrogen) atoms. The van der Waals surface area contributed by atoms with E-state index < -0.39 is 12.3 Å². The highest BCUT2D eigenvalue weighted by atomic mass is 16.7. The van der Waals surface area contributed by atoms with Crippen molar-refractivity contribution in [2.24, 2.45) is 0 Å². The lowest BCUT2D eigenvalue weighted by Crippen LogP contribution is -2.43. The Kier molecular flexibility index (Phi) is 5.34. The summed E-state index contributed by atoms with van der Waals surface area (Å²) < 4.78 is 37.6. The number of hydrogen-bond donors (Lipinski definition) is 0. The molecule has 1 aromatic rings. The summed E-state index contributed by atoms with van der Waals surface area (Å²) in [4.78, 5) is 15.5. The van der Waals surface area contributed by atoms with E-state index in [4.69, 9.17) is 28.4 Å². The van der Waals surface area contributed by atoms with Crippen molar-refractivity contribution in [1.29, 1.82) is 0 Å². The van der Waals surface area contributed by atoms with Crippen molar-refractivity contribution in [3.63, 3.8) is 0 Å². The third-order valence-corrected chi connectivity index (χ3v) is 5.64. The van der Waals surface area contributed by atoms with Crippen LogP contribution in [0.1, 0.15) is 44.8 Å². The third-order valence-electron chi connectivity index (χ3n) is 5.64. The number of aromatic nitrogens is 2. The van der Waals surface area contributed by atoms with Crippen LogP contribution in [-0.4, -0.2) is 60.3 Å². The van der Waals surface area contributed by atoms with Gasteiger partial charge in [-0.25, -0.2) is 0 Å². The molecule has 6 unspecified atom stereocenters. The zero-order chi connectivity index (χ0) is 18.9. The lowest BCUT2D eigenvalue weighted by atomic mass is 10.1. The fraction of sp³-hybridized carbons (Fsp3) is 0.789. The Hall–Kier alpha value is -1.52. The van der Waals surface area contributed by atoms with E-state index in [1.807, 2.05) is 0 Å². The van der Waals surface area contributed by atoms with Crippen molar-refractivity contribution in [2.75, 3.05) is 19.8 Å². The van der Waals surface area contributed by atoms with E-state index in [1.165, 1.54) is 6.07 Å². The molecule has 0 radical (unpaired) electrons. The summed E-state index contributed by atoms with van der Waals surface area (Å²) in [6.45, 7) is 1.77. The van der Waals surface area contributed by atoms with Crippen LogP contribution >= 0.6 is 0 Å². The maximum atomic E-state index is 11.6. The fourth-order valence-corrected chi connectivity index (χ4v) is 4.19. The van der Waals surface area contributed by atoms with Crippen molar-refractivity contribution in [1.82, 2.24) is 9.55 Å². The molecule has 0 spiro atoms. The first-order valence-corrected chi connectivity index (χ1v) is 10.2. The number of rotatable bonds is 5. The Labute approximate surface area is 162 Å². The van der Waals surface area contributed by atoms with E-state index in [-0.39, 0.29) is 36.4 Å². The molecule has 0 amide bonds. The molecule has 5 heterocycles. The van der Waals surface area contributed by atoms with E-state index in [0.717, 1.165) is 45.1 Å². The lowest BCUT2D eigenvalue weighted by molar-refractivity contribution is -0.223. The van der Waals surface area contributed by atoms with Crippen LogP contribution in [0.4, 0.5) is 0 Å². The zero-order valence-corrected chi connectivity index (χ0v) is 15.7. The zero-order valence-electron chi connectivity index (χ0n) is 15.7. The highest BCUT2D eigenvalue weighted by Crippen LogP contribution is 2.41. The average molecular weight is 394 g/mol. The highest BCUT2D eigenvalue weighted by molar-refractivity contribution is 5.11. The maximum absolute atomic E-state index is 11.6. The first-order chi connectivity index (χ1) is 13.8. The molecule has 9 heteroatoms. The Morgan fingerprint density at radius 2 is 1.89 bits per heavy atom. The van der Waals surface area contributed by atoms with Gasteiger partial charge in [0, 0.05) is 25.5 Å². The largest absolute Gasteiger partial charge is 0.453 e. The summed E-state index contributed by atoms with van der Waals surface area (Å²) in [5.41, 5.74) is -0.339. The van der Waals surface area contributed by atoms with Crippen molar-refractivity contribution < 1.29 is 28.4 Å². The van der Waals surface area contributed by atoms with Crippen LogP contribution in [0.15, 0.2) is 17.1 Å². The van der Waals surface area contributed by atoms with Crippen LogP contribution in [0.2, 0.25) is 0 Å². The van der Waals surface area contributed by atoms with Crippen LogP contribution in [-0.2, 0) is 23.7 Å². The Morgan fingerprint density at radius 1 is 1.11 bits per heavy atom. The molecule has 3 saturated heterocycles. The SMILES string of the molecule is O=c1ccn2c(n1)OC1C(OC3CCCCO3)C(COC3CCCCO3)OC12. The van der Waals surface area contributed by atoms with Crippen molar-refractivity contribution in [3.8, 4) is 6.01 Å². The van der Waals surface area contributed by atoms with Gasteiger partial charge in [-0.3, -0.25) is 9.36 Å². The van der Waals surface area contributed by atoms with Gasteiger partial charge in [-0.2, -0.15) is 4.98 Å². The monoisotopic (exact) mass is 394 g/mol. The molecule has 0 aromatic carbocycles. The van der Waals surface area contributed by atoms with E-state index in [9.17, 15) is 4.79 Å². The Balaban J connectivity index is 1.31. The van der Waals surface area contributed by atoms with Gasteiger partial charge >= 0.3 is 6.01 Å². The van der Waals surface area contributed by atoms with Crippen LogP contribution in [0.25, 0.3) is 0 Å². The summed E-state index contributed by atoms with van der Waals surface area (Å²) >= 11 is 0. The first-order valence-electron chi connectivity index (χ1n) is 10.2. The van der Waals surface area contributed by atoms with Crippen LogP contribution in [0.5, 0.6) is 6.01 Å². The molecule has 0 bridgehead atoms. The van der Waals surface area contributed by atoms with E-state index in [1.54, 1.807) is 10.8 Å². The van der Waals surface area contributed by atoms with Crippen molar-refractivity contribution in [3.05, 3.63) is 22.6 Å². The average Bonchev–Trinajstić information content (AvgIpc) is 3.24. The topological polar surface area (TPSA) is 90.3 Å². The predicted octanol–water partition coefficient (Wildman–Crippen LogP) is 1.36. The molecule has 3 fully saturated rings. The highest BCUT2D eigenvalue weighted by Gasteiger charge is 2.53. The van der Waals surface area contributed by atoms with Gasteiger partial charge in [0.1, 0.15) is 12.2 Å². The molecular weight excluding hydrogens is 368 g/mol. The molecule has 5 rings (SSSR count). The van der Waals surface area contributed by atoms with Crippen molar-refractivity contribution in [2.45, 2.75) is 75.6 Å². The molecule has 4 aliphatic rings. The second kappa shape index (κ2) is 8.08. The summed E-state index contributed by atoms with van der Waals surface area (Å²) in [6, 6.07) is 1.66. The molecule has 0 aliphatic carbocycles. The number of hydrogen-bond acceptors (Lipinski definition) is 8. The molecular formula is C19H26N2O7. The normalized spacial score (nSPS) is 37.3. The Bertz CT molecular complexity index is 729. The van der Waals surface area contributed by atoms with Gasteiger partial charge < -0.3 is 28.4 Å².